The number of piperidine rings is 1. The first-order valence-electron chi connectivity index (χ1n) is 13.8. The summed E-state index contributed by atoms with van der Waals surface area (Å²) >= 11 is 12.1. The van der Waals surface area contributed by atoms with Gasteiger partial charge in [-0.3, -0.25) is 4.79 Å². The number of carbonyl (C=O) groups excluding carboxylic acids is 1. The molecule has 5 rings (SSSR count). The van der Waals surface area contributed by atoms with Crippen LogP contribution in [-0.2, 0) is 9.53 Å². The van der Waals surface area contributed by atoms with Crippen LogP contribution in [0.25, 0.3) is 6.08 Å². The van der Waals surface area contributed by atoms with Crippen molar-refractivity contribution in [2.45, 2.75) is 64.8 Å². The van der Waals surface area contributed by atoms with Crippen molar-refractivity contribution in [3.63, 3.8) is 0 Å². The summed E-state index contributed by atoms with van der Waals surface area (Å²) in [7, 11) is 1.78. The Morgan fingerprint density at radius 2 is 1.89 bits per heavy atom. The third-order valence-corrected chi connectivity index (χ3v) is 9.70. The molecule has 3 unspecified atom stereocenters. The summed E-state index contributed by atoms with van der Waals surface area (Å²) in [6, 6.07) is 5.60. The molecule has 1 spiro atoms. The standard InChI is InChI=1S/C31H40Cl2N2O2/c1-21-14-24(5-6-27(21)37-3)23-8-12-35(13-9-23)20-30(2)10-11-31(19-30)18-28(31)34-29(36)7-4-22-15-25(32)17-26(33)16-22/h4-7,15-17,21,23,28H,8-14,18-20H2,1-3H3,(H,34,36)/b7-4+/t21?,28?,30-,31?/m1/s1. The number of benzene rings is 1. The second-order valence-corrected chi connectivity index (χ2v) is 13.2. The van der Waals surface area contributed by atoms with Gasteiger partial charge in [-0.1, -0.05) is 48.7 Å². The molecule has 1 aliphatic heterocycles. The molecule has 3 fully saturated rings. The van der Waals surface area contributed by atoms with Crippen LogP contribution >= 0.6 is 23.2 Å². The third kappa shape index (κ3) is 6.29. The minimum absolute atomic E-state index is 0.0348. The number of carbonyl (C=O) groups is 1. The lowest BCUT2D eigenvalue weighted by molar-refractivity contribution is -0.116. The fourth-order valence-electron chi connectivity index (χ4n) is 7.25. The van der Waals surface area contributed by atoms with E-state index in [0.29, 0.717) is 32.8 Å². The van der Waals surface area contributed by atoms with Gasteiger partial charge in [0.15, 0.2) is 0 Å². The number of nitrogens with one attached hydrogen (secondary N) is 1. The smallest absolute Gasteiger partial charge is 0.244 e. The molecular weight excluding hydrogens is 503 g/mol. The molecule has 37 heavy (non-hydrogen) atoms. The van der Waals surface area contributed by atoms with Crippen molar-refractivity contribution in [3.05, 3.63) is 63.4 Å². The summed E-state index contributed by atoms with van der Waals surface area (Å²) in [6.45, 7) is 8.31. The largest absolute Gasteiger partial charge is 0.501 e. The summed E-state index contributed by atoms with van der Waals surface area (Å²) in [5, 5.41) is 4.40. The highest BCUT2D eigenvalue weighted by Crippen LogP contribution is 2.63. The molecule has 6 heteroatoms. The SMILES string of the molecule is COC1=CC=C(C2CCN(C[C@]3(C)CCC4(CC4NC(=O)/C=C/c4cc(Cl)cc(Cl)c4)C3)CC2)CC1C. The van der Waals surface area contributed by atoms with Gasteiger partial charge in [0.05, 0.1) is 12.9 Å². The van der Waals surface area contributed by atoms with Gasteiger partial charge in [0.1, 0.15) is 0 Å². The molecule has 4 nitrogen and oxygen atoms in total. The van der Waals surface area contributed by atoms with Crippen molar-refractivity contribution in [2.24, 2.45) is 22.7 Å². The minimum atomic E-state index is -0.0348. The normalized spacial score (nSPS) is 32.5. The van der Waals surface area contributed by atoms with Crippen molar-refractivity contribution >= 4 is 35.2 Å². The van der Waals surface area contributed by atoms with Gasteiger partial charge in [0.25, 0.3) is 0 Å². The molecular formula is C31H40Cl2N2O2. The zero-order chi connectivity index (χ0) is 26.2. The van der Waals surface area contributed by atoms with Gasteiger partial charge >= 0.3 is 0 Å². The number of halogens is 2. The first-order chi connectivity index (χ1) is 17.7. The van der Waals surface area contributed by atoms with E-state index in [-0.39, 0.29) is 5.91 Å². The second-order valence-electron chi connectivity index (χ2n) is 12.3. The zero-order valence-corrected chi connectivity index (χ0v) is 23.9. The lowest BCUT2D eigenvalue weighted by atomic mass is 9.80. The number of likely N-dealkylation sites (tertiary alicyclic amines) is 1. The Morgan fingerprint density at radius 1 is 1.16 bits per heavy atom. The monoisotopic (exact) mass is 542 g/mol. The van der Waals surface area contributed by atoms with E-state index in [0.717, 1.165) is 30.1 Å². The first kappa shape index (κ1) is 26.8. The van der Waals surface area contributed by atoms with E-state index in [1.54, 1.807) is 30.9 Å². The van der Waals surface area contributed by atoms with Crippen LogP contribution in [0.15, 0.2) is 47.8 Å². The molecule has 1 aromatic carbocycles. The molecule has 1 aromatic rings. The van der Waals surface area contributed by atoms with Crippen LogP contribution < -0.4 is 5.32 Å². The van der Waals surface area contributed by atoms with E-state index < -0.39 is 0 Å². The highest BCUT2D eigenvalue weighted by molar-refractivity contribution is 6.34. The topological polar surface area (TPSA) is 41.6 Å². The molecule has 0 bridgehead atoms. The van der Waals surface area contributed by atoms with E-state index in [9.17, 15) is 4.79 Å². The molecule has 200 valence electrons. The zero-order valence-electron chi connectivity index (χ0n) is 22.4. The van der Waals surface area contributed by atoms with Gasteiger partial charge in [-0.2, -0.15) is 0 Å². The predicted molar refractivity (Wildman–Crippen MR) is 153 cm³/mol. The Labute approximate surface area is 232 Å². The summed E-state index contributed by atoms with van der Waals surface area (Å²) in [5.41, 5.74) is 3.09. The minimum Gasteiger partial charge on any atom is -0.501 e. The van der Waals surface area contributed by atoms with Crippen LogP contribution in [0.4, 0.5) is 0 Å². The highest BCUT2D eigenvalue weighted by Gasteiger charge is 2.61. The van der Waals surface area contributed by atoms with Gasteiger partial charge < -0.3 is 15.0 Å². The van der Waals surface area contributed by atoms with Gasteiger partial charge in [-0.05, 0) is 111 Å². The fourth-order valence-corrected chi connectivity index (χ4v) is 7.79. The third-order valence-electron chi connectivity index (χ3n) is 9.27. The summed E-state index contributed by atoms with van der Waals surface area (Å²) < 4.78 is 5.50. The van der Waals surface area contributed by atoms with E-state index in [1.165, 1.54) is 51.7 Å². The van der Waals surface area contributed by atoms with Crippen molar-refractivity contribution in [1.82, 2.24) is 10.2 Å². The number of ether oxygens (including phenoxy) is 1. The van der Waals surface area contributed by atoms with E-state index in [2.05, 4.69) is 36.2 Å². The van der Waals surface area contributed by atoms with Gasteiger partial charge in [-0.25, -0.2) is 0 Å². The van der Waals surface area contributed by atoms with E-state index in [4.69, 9.17) is 27.9 Å². The highest BCUT2D eigenvalue weighted by atomic mass is 35.5. The second kappa shape index (κ2) is 10.8. The molecule has 4 atom stereocenters. The number of hydrogen-bond acceptors (Lipinski definition) is 3. The Bertz CT molecular complexity index is 1100. The molecule has 1 amide bonds. The maximum Gasteiger partial charge on any atom is 0.244 e. The average Bonchev–Trinajstić information content (AvgIpc) is 3.39. The summed E-state index contributed by atoms with van der Waals surface area (Å²) in [6.07, 6.45) is 16.3. The quantitative estimate of drug-likeness (QED) is 0.368. The maximum atomic E-state index is 12.6. The van der Waals surface area contributed by atoms with E-state index in [1.807, 2.05) is 12.1 Å². The Kier molecular flexibility index (Phi) is 7.82. The van der Waals surface area contributed by atoms with E-state index >= 15 is 0 Å². The molecule has 3 aliphatic carbocycles. The summed E-state index contributed by atoms with van der Waals surface area (Å²) in [5.74, 6) is 2.29. The molecule has 2 saturated carbocycles. The fraction of sp³-hybridized carbons (Fsp3) is 0.581. The Hall–Kier alpha value is -1.75. The number of nitrogens with zero attached hydrogens (tertiary/aromatic N) is 1. The van der Waals surface area contributed by atoms with Crippen LogP contribution in [-0.4, -0.2) is 43.6 Å². The first-order valence-corrected chi connectivity index (χ1v) is 14.5. The van der Waals surface area contributed by atoms with Crippen molar-refractivity contribution in [3.8, 4) is 0 Å². The van der Waals surface area contributed by atoms with Crippen LogP contribution in [0, 0.1) is 22.7 Å². The summed E-state index contributed by atoms with van der Waals surface area (Å²) in [4.78, 5) is 15.3. The van der Waals surface area contributed by atoms with Crippen LogP contribution in [0.2, 0.25) is 10.0 Å². The van der Waals surface area contributed by atoms with Crippen molar-refractivity contribution in [1.29, 1.82) is 0 Å². The molecule has 0 radical (unpaired) electrons. The van der Waals surface area contributed by atoms with Crippen LogP contribution in [0.1, 0.15) is 64.4 Å². The van der Waals surface area contributed by atoms with Gasteiger partial charge in [0, 0.05) is 34.6 Å². The molecule has 1 N–H and O–H groups in total. The molecule has 1 saturated heterocycles. The Balaban J connectivity index is 1.08. The lowest BCUT2D eigenvalue weighted by Crippen LogP contribution is -2.41. The average molecular weight is 544 g/mol. The molecule has 1 heterocycles. The Morgan fingerprint density at radius 3 is 2.57 bits per heavy atom. The predicted octanol–water partition coefficient (Wildman–Crippen LogP) is 7.28. The number of hydrogen-bond donors (Lipinski definition) is 1. The molecule has 0 aromatic heterocycles. The van der Waals surface area contributed by atoms with Gasteiger partial charge in [0.2, 0.25) is 5.91 Å². The van der Waals surface area contributed by atoms with Gasteiger partial charge in [-0.15, -0.1) is 0 Å². The number of allylic oxidation sites excluding steroid dienone is 4. The number of methoxy groups -OCH3 is 1. The molecule has 4 aliphatic rings. The maximum absolute atomic E-state index is 12.6. The van der Waals surface area contributed by atoms with Crippen molar-refractivity contribution in [2.75, 3.05) is 26.7 Å². The van der Waals surface area contributed by atoms with Crippen molar-refractivity contribution < 1.29 is 9.53 Å². The lowest BCUT2D eigenvalue weighted by Gasteiger charge is -2.39. The number of amides is 1. The van der Waals surface area contributed by atoms with Crippen LogP contribution in [0.3, 0.4) is 0 Å². The number of rotatable bonds is 7. The van der Waals surface area contributed by atoms with Crippen LogP contribution in [0.5, 0.6) is 0 Å².